The average molecular weight is 326 g/mol. The minimum absolute atomic E-state index is 0.612. The summed E-state index contributed by atoms with van der Waals surface area (Å²) in [6.45, 7) is 10.6. The van der Waals surface area contributed by atoms with Crippen LogP contribution in [0.15, 0.2) is 0 Å². The van der Waals surface area contributed by atoms with E-state index in [-0.39, 0.29) is 0 Å². The Morgan fingerprint density at radius 1 is 1.27 bits per heavy atom. The fraction of sp³-hybridized carbons (Fsp3) is 1.00. The standard InChI is InChI=1S/C11H23IN2O/c1-11(12-2-4-13-5-3-12)10-14-6-8-15-9-7-14/h11,13H,2-10H2,1H3. The van der Waals surface area contributed by atoms with Gasteiger partial charge in [-0.3, -0.25) is 0 Å². The number of hydrogen-bond donors (Lipinski definition) is 1. The van der Waals surface area contributed by atoms with Crippen molar-refractivity contribution in [1.82, 2.24) is 10.2 Å². The van der Waals surface area contributed by atoms with Crippen LogP contribution in [-0.2, 0) is 4.74 Å². The molecule has 0 bridgehead atoms. The molecule has 0 aliphatic carbocycles. The van der Waals surface area contributed by atoms with Crippen molar-refractivity contribution >= 4 is 19.8 Å². The van der Waals surface area contributed by atoms with Crippen molar-refractivity contribution in [3.63, 3.8) is 0 Å². The summed E-state index contributed by atoms with van der Waals surface area (Å²) in [4.78, 5) is 2.60. The number of alkyl halides is 3. The minimum atomic E-state index is -0.612. The van der Waals surface area contributed by atoms with Crippen LogP contribution in [0.4, 0.5) is 0 Å². The Kier molecular flexibility index (Phi) is 5.13. The first-order valence-electron chi connectivity index (χ1n) is 5.97. The number of morpholine rings is 1. The molecule has 0 spiro atoms. The molecule has 1 atom stereocenters. The van der Waals surface area contributed by atoms with Gasteiger partial charge in [0.25, 0.3) is 0 Å². The van der Waals surface area contributed by atoms with E-state index in [0.717, 1.165) is 30.2 Å². The van der Waals surface area contributed by atoms with Crippen molar-refractivity contribution in [3.8, 4) is 0 Å². The molecule has 0 radical (unpaired) electrons. The fourth-order valence-corrected chi connectivity index (χ4v) is 8.13. The van der Waals surface area contributed by atoms with Crippen LogP contribution in [-0.4, -0.2) is 63.6 Å². The first kappa shape index (κ1) is 12.1. The van der Waals surface area contributed by atoms with E-state index in [1.165, 1.54) is 28.5 Å². The Hall–Kier alpha value is 0.610. The molecule has 2 saturated heterocycles. The topological polar surface area (TPSA) is 24.5 Å². The van der Waals surface area contributed by atoms with E-state index in [2.05, 4.69) is 17.1 Å². The third kappa shape index (κ3) is 3.84. The molecule has 2 heterocycles. The summed E-state index contributed by atoms with van der Waals surface area (Å²) in [7, 11) is 0. The van der Waals surface area contributed by atoms with Crippen LogP contribution in [0.25, 0.3) is 0 Å². The SMILES string of the molecule is CC(CN1CCOCC1)I1CCNCC1. The van der Waals surface area contributed by atoms with Gasteiger partial charge in [-0.15, -0.1) is 0 Å². The molecular formula is C11H23IN2O. The van der Waals surface area contributed by atoms with E-state index in [4.69, 9.17) is 4.74 Å². The monoisotopic (exact) mass is 326 g/mol. The van der Waals surface area contributed by atoms with E-state index in [1.54, 1.807) is 0 Å². The molecule has 0 aromatic heterocycles. The predicted octanol–water partition coefficient (Wildman–Crippen LogP) is 0.817. The zero-order valence-electron chi connectivity index (χ0n) is 9.67. The molecule has 0 aromatic carbocycles. The van der Waals surface area contributed by atoms with Crippen LogP contribution in [0.1, 0.15) is 6.92 Å². The van der Waals surface area contributed by atoms with E-state index in [1.807, 2.05) is 0 Å². The average Bonchev–Trinajstić information content (AvgIpc) is 2.31. The quantitative estimate of drug-likeness (QED) is 0.614. The normalized spacial score (nSPS) is 29.0. The Labute approximate surface area is 100 Å². The molecule has 0 amide bonds. The van der Waals surface area contributed by atoms with Crippen LogP contribution in [0.3, 0.4) is 0 Å². The molecule has 2 fully saturated rings. The Morgan fingerprint density at radius 2 is 1.93 bits per heavy atom. The van der Waals surface area contributed by atoms with Crippen LogP contribution in [0, 0.1) is 0 Å². The Balaban J connectivity index is 1.72. The molecule has 2 aliphatic heterocycles. The van der Waals surface area contributed by atoms with Gasteiger partial charge >= 0.3 is 100 Å². The summed E-state index contributed by atoms with van der Waals surface area (Å²) < 4.78 is 9.44. The zero-order valence-corrected chi connectivity index (χ0v) is 11.8. The van der Waals surface area contributed by atoms with Gasteiger partial charge < -0.3 is 0 Å². The second-order valence-electron chi connectivity index (χ2n) is 4.32. The summed E-state index contributed by atoms with van der Waals surface area (Å²) >= 11 is -0.612. The van der Waals surface area contributed by atoms with Crippen molar-refractivity contribution in [2.45, 2.75) is 10.8 Å². The zero-order chi connectivity index (χ0) is 10.5. The Morgan fingerprint density at radius 3 is 2.60 bits per heavy atom. The van der Waals surface area contributed by atoms with Crippen molar-refractivity contribution in [3.05, 3.63) is 0 Å². The third-order valence-corrected chi connectivity index (χ3v) is 10.4. The maximum absolute atomic E-state index is 5.39. The van der Waals surface area contributed by atoms with Gasteiger partial charge in [-0.2, -0.15) is 0 Å². The predicted molar refractivity (Wildman–Crippen MR) is 73.3 cm³/mol. The fourth-order valence-electron chi connectivity index (χ4n) is 2.21. The second kappa shape index (κ2) is 6.37. The second-order valence-corrected chi connectivity index (χ2v) is 11.4. The van der Waals surface area contributed by atoms with Gasteiger partial charge in [0.15, 0.2) is 0 Å². The van der Waals surface area contributed by atoms with Crippen LogP contribution in [0.5, 0.6) is 0 Å². The van der Waals surface area contributed by atoms with Gasteiger partial charge in [0, 0.05) is 0 Å². The van der Waals surface area contributed by atoms with Gasteiger partial charge in [-0.1, -0.05) is 0 Å². The molecular weight excluding hydrogens is 303 g/mol. The molecule has 90 valence electrons. The van der Waals surface area contributed by atoms with E-state index < -0.39 is 19.8 Å². The number of rotatable bonds is 3. The molecule has 3 nitrogen and oxygen atoms in total. The van der Waals surface area contributed by atoms with E-state index >= 15 is 0 Å². The van der Waals surface area contributed by atoms with Gasteiger partial charge in [0.1, 0.15) is 0 Å². The van der Waals surface area contributed by atoms with Crippen molar-refractivity contribution < 1.29 is 4.74 Å². The maximum atomic E-state index is 5.39. The Bertz CT molecular complexity index is 179. The van der Waals surface area contributed by atoms with Crippen molar-refractivity contribution in [2.24, 2.45) is 0 Å². The van der Waals surface area contributed by atoms with E-state index in [0.29, 0.717) is 0 Å². The van der Waals surface area contributed by atoms with Gasteiger partial charge in [-0.05, 0) is 0 Å². The summed E-state index contributed by atoms with van der Waals surface area (Å²) in [6, 6.07) is 0. The summed E-state index contributed by atoms with van der Waals surface area (Å²) in [6.07, 6.45) is 0. The molecule has 15 heavy (non-hydrogen) atoms. The molecule has 1 unspecified atom stereocenters. The van der Waals surface area contributed by atoms with Gasteiger partial charge in [0.2, 0.25) is 0 Å². The number of halogens is 1. The first-order chi connectivity index (χ1) is 7.36. The molecule has 4 heteroatoms. The molecule has 2 rings (SSSR count). The first-order valence-corrected chi connectivity index (χ1v) is 10.3. The number of ether oxygens (including phenoxy) is 1. The third-order valence-electron chi connectivity index (χ3n) is 3.17. The van der Waals surface area contributed by atoms with Crippen molar-refractivity contribution in [2.75, 3.05) is 54.8 Å². The number of nitrogens with one attached hydrogen (secondary N) is 1. The molecule has 2 aliphatic rings. The van der Waals surface area contributed by atoms with Gasteiger partial charge in [0.05, 0.1) is 0 Å². The summed E-state index contributed by atoms with van der Waals surface area (Å²) in [5, 5.41) is 3.48. The molecule has 0 saturated carbocycles. The number of nitrogens with zero attached hydrogens (tertiary/aromatic N) is 1. The summed E-state index contributed by atoms with van der Waals surface area (Å²) in [5.41, 5.74) is 0. The summed E-state index contributed by atoms with van der Waals surface area (Å²) in [5.74, 6) is 0. The molecule has 0 aromatic rings. The van der Waals surface area contributed by atoms with Crippen molar-refractivity contribution in [1.29, 1.82) is 0 Å². The van der Waals surface area contributed by atoms with Crippen LogP contribution in [0.2, 0.25) is 0 Å². The van der Waals surface area contributed by atoms with Gasteiger partial charge in [-0.25, -0.2) is 0 Å². The van der Waals surface area contributed by atoms with Crippen LogP contribution < -0.4 is 5.32 Å². The van der Waals surface area contributed by atoms with E-state index in [9.17, 15) is 0 Å². The number of hydrogen-bond acceptors (Lipinski definition) is 3. The van der Waals surface area contributed by atoms with Crippen LogP contribution >= 0.6 is 19.8 Å². The molecule has 1 N–H and O–H groups in total.